The lowest BCUT2D eigenvalue weighted by Gasteiger charge is -2.14. The molecule has 0 bridgehead atoms. The Morgan fingerprint density at radius 2 is 2.29 bits per heavy atom. The van der Waals surface area contributed by atoms with Gasteiger partial charge in [-0.25, -0.2) is 9.78 Å². The monoisotopic (exact) mass is 258 g/mol. The molecule has 1 aromatic rings. The van der Waals surface area contributed by atoms with Crippen molar-refractivity contribution >= 4 is 23.2 Å². The first-order chi connectivity index (χ1) is 8.06. The van der Waals surface area contributed by atoms with Crippen molar-refractivity contribution in [3.05, 3.63) is 16.1 Å². The maximum absolute atomic E-state index is 11.8. The number of nitrogens with zero attached hydrogens (tertiary/aromatic N) is 2. The lowest BCUT2D eigenvalue weighted by Crippen LogP contribution is -2.28. The number of carboxylic acids is 1. The van der Waals surface area contributed by atoms with E-state index in [9.17, 15) is 9.59 Å². The number of rotatable bonds is 6. The molecule has 0 saturated carbocycles. The summed E-state index contributed by atoms with van der Waals surface area (Å²) >= 11 is 1.04. The van der Waals surface area contributed by atoms with Crippen molar-refractivity contribution in [2.45, 2.75) is 6.42 Å². The summed E-state index contributed by atoms with van der Waals surface area (Å²) in [7, 11) is 3.25. The van der Waals surface area contributed by atoms with Gasteiger partial charge in [0.05, 0.1) is 0 Å². The van der Waals surface area contributed by atoms with E-state index in [-0.39, 0.29) is 16.6 Å². The van der Waals surface area contributed by atoms with Gasteiger partial charge in [0.25, 0.3) is 5.91 Å². The Bertz CT molecular complexity index is 405. The van der Waals surface area contributed by atoms with Crippen molar-refractivity contribution in [3.63, 3.8) is 0 Å². The van der Waals surface area contributed by atoms with Crippen molar-refractivity contribution in [1.29, 1.82) is 0 Å². The molecule has 0 spiro atoms. The molecule has 1 heterocycles. The van der Waals surface area contributed by atoms with Gasteiger partial charge in [0.15, 0.2) is 10.7 Å². The number of carbonyl (C=O) groups is 2. The molecule has 1 amide bonds. The highest BCUT2D eigenvalue weighted by Gasteiger charge is 2.17. The average Bonchev–Trinajstić information content (AvgIpc) is 2.77. The molecular formula is C10H14N2O4S. The van der Waals surface area contributed by atoms with E-state index in [0.29, 0.717) is 13.2 Å². The second kappa shape index (κ2) is 6.31. The largest absolute Gasteiger partial charge is 0.476 e. The maximum atomic E-state index is 11.8. The predicted molar refractivity (Wildman–Crippen MR) is 62.5 cm³/mol. The fourth-order valence-corrected chi connectivity index (χ4v) is 1.97. The van der Waals surface area contributed by atoms with Gasteiger partial charge in [0.2, 0.25) is 0 Å². The van der Waals surface area contributed by atoms with Crippen LogP contribution in [-0.4, -0.2) is 54.2 Å². The number of amides is 1. The van der Waals surface area contributed by atoms with Gasteiger partial charge < -0.3 is 14.7 Å². The Morgan fingerprint density at radius 1 is 1.59 bits per heavy atom. The van der Waals surface area contributed by atoms with E-state index in [4.69, 9.17) is 9.84 Å². The zero-order valence-electron chi connectivity index (χ0n) is 9.67. The Hall–Kier alpha value is -1.47. The number of carboxylic acid groups (broad SMARTS) is 1. The molecule has 6 nitrogen and oxygen atoms in total. The highest BCUT2D eigenvalue weighted by atomic mass is 32.1. The van der Waals surface area contributed by atoms with Crippen LogP contribution in [0.5, 0.6) is 0 Å². The summed E-state index contributed by atoms with van der Waals surface area (Å²) in [5.74, 6) is -1.39. The highest BCUT2D eigenvalue weighted by Crippen LogP contribution is 2.12. The summed E-state index contributed by atoms with van der Waals surface area (Å²) < 4.78 is 4.88. The third-order valence-electron chi connectivity index (χ3n) is 2.09. The second-order valence-corrected chi connectivity index (χ2v) is 4.27. The van der Waals surface area contributed by atoms with Crippen LogP contribution in [0.25, 0.3) is 0 Å². The smallest absolute Gasteiger partial charge is 0.355 e. The van der Waals surface area contributed by atoms with Crippen molar-refractivity contribution in [1.82, 2.24) is 9.88 Å². The average molecular weight is 258 g/mol. The second-order valence-electron chi connectivity index (χ2n) is 3.42. The molecule has 1 aromatic heterocycles. The van der Waals surface area contributed by atoms with Gasteiger partial charge in [-0.1, -0.05) is 0 Å². The van der Waals surface area contributed by atoms with Gasteiger partial charge in [-0.2, -0.15) is 0 Å². The molecule has 0 aliphatic carbocycles. The SMILES string of the molecule is COCCCN(C)C(=O)c1nc(C(=O)O)cs1. The first kappa shape index (κ1) is 13.6. The van der Waals surface area contributed by atoms with Crippen LogP contribution in [-0.2, 0) is 4.74 Å². The topological polar surface area (TPSA) is 79.7 Å². The van der Waals surface area contributed by atoms with E-state index >= 15 is 0 Å². The third-order valence-corrected chi connectivity index (χ3v) is 2.93. The number of aromatic nitrogens is 1. The van der Waals surface area contributed by atoms with Gasteiger partial charge in [-0.15, -0.1) is 11.3 Å². The lowest BCUT2D eigenvalue weighted by molar-refractivity contribution is 0.0691. The normalized spacial score (nSPS) is 10.2. The summed E-state index contributed by atoms with van der Waals surface area (Å²) in [5, 5.41) is 10.3. The van der Waals surface area contributed by atoms with Crippen LogP contribution < -0.4 is 0 Å². The summed E-state index contributed by atoms with van der Waals surface area (Å²) in [6.45, 7) is 1.13. The van der Waals surface area contributed by atoms with Gasteiger partial charge in [0, 0.05) is 32.7 Å². The fraction of sp³-hybridized carbons (Fsp3) is 0.500. The number of ether oxygens (including phenoxy) is 1. The summed E-state index contributed by atoms with van der Waals surface area (Å²) in [6.07, 6.45) is 0.732. The standard InChI is InChI=1S/C10H14N2O4S/c1-12(4-3-5-16-2)9(13)8-11-7(6-17-8)10(14)15/h6H,3-5H2,1-2H3,(H,14,15). The molecule has 1 N–H and O–H groups in total. The summed E-state index contributed by atoms with van der Waals surface area (Å²) in [5.41, 5.74) is -0.0939. The fourth-order valence-electron chi connectivity index (χ4n) is 1.18. The van der Waals surface area contributed by atoms with Crippen molar-refractivity contribution < 1.29 is 19.4 Å². The zero-order chi connectivity index (χ0) is 12.8. The van der Waals surface area contributed by atoms with Gasteiger partial charge >= 0.3 is 5.97 Å². The number of methoxy groups -OCH3 is 1. The van der Waals surface area contributed by atoms with E-state index in [0.717, 1.165) is 17.8 Å². The number of hydrogen-bond donors (Lipinski definition) is 1. The van der Waals surface area contributed by atoms with Crippen molar-refractivity contribution in [2.75, 3.05) is 27.3 Å². The minimum absolute atomic E-state index is 0.0939. The van der Waals surface area contributed by atoms with Crippen LogP contribution in [0.15, 0.2) is 5.38 Å². The van der Waals surface area contributed by atoms with Gasteiger partial charge in [-0.3, -0.25) is 4.79 Å². The highest BCUT2D eigenvalue weighted by molar-refractivity contribution is 7.11. The molecule has 0 fully saturated rings. The molecule has 0 saturated heterocycles. The maximum Gasteiger partial charge on any atom is 0.355 e. The minimum atomic E-state index is -1.12. The summed E-state index contributed by atoms with van der Waals surface area (Å²) in [4.78, 5) is 27.7. The third kappa shape index (κ3) is 3.79. The first-order valence-corrected chi connectivity index (χ1v) is 5.87. The molecule has 7 heteroatoms. The van der Waals surface area contributed by atoms with E-state index in [1.807, 2.05) is 0 Å². The van der Waals surface area contributed by atoms with E-state index in [2.05, 4.69) is 4.98 Å². The van der Waals surface area contributed by atoms with Gasteiger partial charge in [-0.05, 0) is 6.42 Å². The molecule has 17 heavy (non-hydrogen) atoms. The molecular weight excluding hydrogens is 244 g/mol. The van der Waals surface area contributed by atoms with Gasteiger partial charge in [0.1, 0.15) is 0 Å². The number of aromatic carboxylic acids is 1. The lowest BCUT2D eigenvalue weighted by atomic mass is 10.4. The molecule has 0 aliphatic heterocycles. The minimum Gasteiger partial charge on any atom is -0.476 e. The molecule has 94 valence electrons. The van der Waals surface area contributed by atoms with Crippen LogP contribution in [0, 0.1) is 0 Å². The first-order valence-electron chi connectivity index (χ1n) is 4.99. The Kier molecular flexibility index (Phi) is 5.05. The molecule has 0 unspecified atom stereocenters. The quantitative estimate of drug-likeness (QED) is 0.768. The zero-order valence-corrected chi connectivity index (χ0v) is 10.5. The number of hydrogen-bond acceptors (Lipinski definition) is 5. The Morgan fingerprint density at radius 3 is 2.82 bits per heavy atom. The summed E-state index contributed by atoms with van der Waals surface area (Å²) in [6, 6.07) is 0. The van der Waals surface area contributed by atoms with Crippen LogP contribution in [0.4, 0.5) is 0 Å². The molecule has 0 radical (unpaired) electrons. The Labute approximate surface area is 103 Å². The van der Waals surface area contributed by atoms with Crippen LogP contribution >= 0.6 is 11.3 Å². The molecule has 0 aliphatic rings. The van der Waals surface area contributed by atoms with E-state index < -0.39 is 5.97 Å². The molecule has 0 atom stereocenters. The number of carbonyl (C=O) groups excluding carboxylic acids is 1. The van der Waals surface area contributed by atoms with Crippen LogP contribution in [0.1, 0.15) is 26.7 Å². The van der Waals surface area contributed by atoms with E-state index in [1.54, 1.807) is 14.2 Å². The predicted octanol–water partition coefficient (Wildman–Crippen LogP) is 0.950. The van der Waals surface area contributed by atoms with E-state index in [1.165, 1.54) is 10.3 Å². The Balaban J connectivity index is 2.58. The number of thiazole rings is 1. The van der Waals surface area contributed by atoms with Crippen molar-refractivity contribution in [2.24, 2.45) is 0 Å². The van der Waals surface area contributed by atoms with Crippen molar-refractivity contribution in [3.8, 4) is 0 Å². The van der Waals surface area contributed by atoms with Crippen LogP contribution in [0.3, 0.4) is 0 Å². The molecule has 1 rings (SSSR count). The van der Waals surface area contributed by atoms with Crippen LogP contribution in [0.2, 0.25) is 0 Å². The molecule has 0 aromatic carbocycles.